The van der Waals surface area contributed by atoms with Gasteiger partial charge in [-0.05, 0) is 41.7 Å². The number of hydrogen-bond donors (Lipinski definition) is 0. The van der Waals surface area contributed by atoms with Crippen LogP contribution in [0.5, 0.6) is 0 Å². The van der Waals surface area contributed by atoms with Crippen molar-refractivity contribution in [3.05, 3.63) is 96.1 Å². The summed E-state index contributed by atoms with van der Waals surface area (Å²) < 4.78 is 0. The molecule has 0 aliphatic rings. The van der Waals surface area contributed by atoms with E-state index in [1.807, 2.05) is 60.7 Å². The molecule has 0 heterocycles. The Kier molecular flexibility index (Phi) is 10.2. The molecule has 0 saturated carbocycles. The molecule has 0 unspecified atom stereocenters. The Morgan fingerprint density at radius 3 is 1.57 bits per heavy atom. The molecule has 28 heavy (non-hydrogen) atoms. The van der Waals surface area contributed by atoms with E-state index in [4.69, 9.17) is 5.26 Å². The van der Waals surface area contributed by atoms with E-state index in [1.165, 1.54) is 61.6 Å². The zero-order chi connectivity index (χ0) is 19.9. The van der Waals surface area contributed by atoms with Gasteiger partial charge in [0.25, 0.3) is 0 Å². The van der Waals surface area contributed by atoms with Gasteiger partial charge in [-0.15, -0.1) is 0 Å². The van der Waals surface area contributed by atoms with Crippen LogP contribution in [-0.4, -0.2) is 0 Å². The maximum Gasteiger partial charge on any atom is 0.0991 e. The van der Waals surface area contributed by atoms with Gasteiger partial charge in [0.05, 0.1) is 11.6 Å². The van der Waals surface area contributed by atoms with Crippen molar-refractivity contribution in [1.82, 2.24) is 0 Å². The number of rotatable bonds is 8. The number of benzene rings is 3. The highest BCUT2D eigenvalue weighted by atomic mass is 14.2. The fourth-order valence-electron chi connectivity index (χ4n) is 3.10. The number of nitrogens with zero attached hydrogens (tertiary/aromatic N) is 1. The third kappa shape index (κ3) is 8.23. The Labute approximate surface area is 170 Å². The van der Waals surface area contributed by atoms with E-state index in [1.54, 1.807) is 0 Å². The van der Waals surface area contributed by atoms with Crippen molar-refractivity contribution >= 4 is 0 Å². The topological polar surface area (TPSA) is 23.8 Å². The second-order valence-electron chi connectivity index (χ2n) is 7.06. The largest absolute Gasteiger partial charge is 0.192 e. The second-order valence-corrected chi connectivity index (χ2v) is 7.06. The minimum Gasteiger partial charge on any atom is -0.192 e. The molecule has 0 radical (unpaired) electrons. The SMILES string of the molecule is CCCCCCCCc1ccc(-c2ccc(C#N)cc2)cc1.c1ccccc1. The maximum atomic E-state index is 8.84. The van der Waals surface area contributed by atoms with Crippen LogP contribution in [0.3, 0.4) is 0 Å². The van der Waals surface area contributed by atoms with Gasteiger partial charge in [-0.25, -0.2) is 0 Å². The van der Waals surface area contributed by atoms with Gasteiger partial charge in [-0.2, -0.15) is 5.26 Å². The van der Waals surface area contributed by atoms with Crippen LogP contribution >= 0.6 is 0 Å². The van der Waals surface area contributed by atoms with Gasteiger partial charge in [0.15, 0.2) is 0 Å². The molecule has 1 heteroatoms. The van der Waals surface area contributed by atoms with E-state index < -0.39 is 0 Å². The van der Waals surface area contributed by atoms with Crippen molar-refractivity contribution in [3.63, 3.8) is 0 Å². The molecule has 0 aliphatic carbocycles. The van der Waals surface area contributed by atoms with Gasteiger partial charge < -0.3 is 0 Å². The molecule has 3 aromatic rings. The summed E-state index contributed by atoms with van der Waals surface area (Å²) in [5.74, 6) is 0. The lowest BCUT2D eigenvalue weighted by Crippen LogP contribution is -1.87. The molecule has 0 aromatic heterocycles. The smallest absolute Gasteiger partial charge is 0.0991 e. The molecule has 144 valence electrons. The molecule has 0 spiro atoms. The zero-order valence-corrected chi connectivity index (χ0v) is 17.0. The van der Waals surface area contributed by atoms with Crippen molar-refractivity contribution in [2.45, 2.75) is 51.9 Å². The van der Waals surface area contributed by atoms with Crippen molar-refractivity contribution in [2.24, 2.45) is 0 Å². The van der Waals surface area contributed by atoms with E-state index in [2.05, 4.69) is 37.3 Å². The van der Waals surface area contributed by atoms with E-state index in [-0.39, 0.29) is 0 Å². The van der Waals surface area contributed by atoms with Crippen LogP contribution in [0.4, 0.5) is 0 Å². The first kappa shape index (κ1) is 21.5. The van der Waals surface area contributed by atoms with E-state index in [0.29, 0.717) is 5.56 Å². The van der Waals surface area contributed by atoms with Gasteiger partial charge in [0, 0.05) is 0 Å². The normalized spacial score (nSPS) is 9.86. The zero-order valence-electron chi connectivity index (χ0n) is 17.0. The minimum atomic E-state index is 0.712. The quantitative estimate of drug-likeness (QED) is 0.371. The number of aryl methyl sites for hydroxylation is 1. The monoisotopic (exact) mass is 369 g/mol. The Balaban J connectivity index is 0.000000397. The average molecular weight is 370 g/mol. The van der Waals surface area contributed by atoms with Gasteiger partial charge in [-0.3, -0.25) is 0 Å². The predicted molar refractivity (Wildman–Crippen MR) is 120 cm³/mol. The summed E-state index contributed by atoms with van der Waals surface area (Å²) in [6, 6.07) is 30.8. The second kappa shape index (κ2) is 13.3. The Hall–Kier alpha value is -2.85. The first-order valence-corrected chi connectivity index (χ1v) is 10.4. The summed E-state index contributed by atoms with van der Waals surface area (Å²) in [5.41, 5.74) is 4.53. The molecule has 0 N–H and O–H groups in total. The van der Waals surface area contributed by atoms with Gasteiger partial charge in [-0.1, -0.05) is 112 Å². The van der Waals surface area contributed by atoms with E-state index in [9.17, 15) is 0 Å². The number of unbranched alkanes of at least 4 members (excludes halogenated alkanes) is 5. The summed E-state index contributed by atoms with van der Waals surface area (Å²) >= 11 is 0. The summed E-state index contributed by atoms with van der Waals surface area (Å²) in [4.78, 5) is 0. The Morgan fingerprint density at radius 1 is 0.607 bits per heavy atom. The molecule has 0 fully saturated rings. The lowest BCUT2D eigenvalue weighted by molar-refractivity contribution is 0.607. The highest BCUT2D eigenvalue weighted by Gasteiger charge is 1.99. The predicted octanol–water partition coefficient (Wildman–Crippen LogP) is 7.81. The summed E-state index contributed by atoms with van der Waals surface area (Å²) in [6.45, 7) is 2.26. The van der Waals surface area contributed by atoms with Crippen LogP contribution in [0.1, 0.15) is 56.6 Å². The van der Waals surface area contributed by atoms with Gasteiger partial charge in [0.1, 0.15) is 0 Å². The molecule has 0 aliphatic heterocycles. The van der Waals surface area contributed by atoms with Gasteiger partial charge >= 0.3 is 0 Å². The van der Waals surface area contributed by atoms with Crippen LogP contribution in [0.15, 0.2) is 84.9 Å². The summed E-state index contributed by atoms with van der Waals surface area (Å²) in [5, 5.41) is 8.84. The lowest BCUT2D eigenvalue weighted by Gasteiger charge is -2.05. The van der Waals surface area contributed by atoms with Crippen LogP contribution in [-0.2, 0) is 6.42 Å². The molecule has 3 aromatic carbocycles. The first-order chi connectivity index (χ1) is 13.8. The molecule has 0 saturated heterocycles. The summed E-state index contributed by atoms with van der Waals surface area (Å²) in [7, 11) is 0. The molecule has 1 nitrogen and oxygen atoms in total. The third-order valence-corrected chi connectivity index (χ3v) is 4.79. The average Bonchev–Trinajstić information content (AvgIpc) is 2.78. The Morgan fingerprint density at radius 2 is 1.07 bits per heavy atom. The van der Waals surface area contributed by atoms with Crippen molar-refractivity contribution in [2.75, 3.05) is 0 Å². The molecule has 0 atom stereocenters. The number of hydrogen-bond acceptors (Lipinski definition) is 1. The molecule has 3 rings (SSSR count). The molecule has 0 bridgehead atoms. The Bertz CT molecular complexity index is 769. The van der Waals surface area contributed by atoms with Crippen molar-refractivity contribution in [3.8, 4) is 17.2 Å². The van der Waals surface area contributed by atoms with Crippen LogP contribution in [0.25, 0.3) is 11.1 Å². The fraction of sp³-hybridized carbons (Fsp3) is 0.296. The first-order valence-electron chi connectivity index (χ1n) is 10.4. The summed E-state index contributed by atoms with van der Waals surface area (Å²) in [6.07, 6.45) is 9.26. The third-order valence-electron chi connectivity index (χ3n) is 4.79. The standard InChI is InChI=1S/C21H25N.C6H6/c1-2-3-4-5-6-7-8-18-9-13-20(14-10-18)21-15-11-19(17-22)12-16-21;1-2-4-6-5-3-1/h9-16H,2-8H2,1H3;1-6H. The van der Waals surface area contributed by atoms with E-state index in [0.717, 1.165) is 0 Å². The highest BCUT2D eigenvalue weighted by Crippen LogP contribution is 2.21. The maximum absolute atomic E-state index is 8.84. The molecular formula is C27H31N. The molecule has 0 amide bonds. The van der Waals surface area contributed by atoms with Crippen molar-refractivity contribution in [1.29, 1.82) is 5.26 Å². The highest BCUT2D eigenvalue weighted by molar-refractivity contribution is 5.64. The van der Waals surface area contributed by atoms with Crippen LogP contribution in [0, 0.1) is 11.3 Å². The lowest BCUT2D eigenvalue weighted by atomic mass is 10.00. The number of nitriles is 1. The van der Waals surface area contributed by atoms with E-state index >= 15 is 0 Å². The fourth-order valence-corrected chi connectivity index (χ4v) is 3.10. The van der Waals surface area contributed by atoms with Crippen molar-refractivity contribution < 1.29 is 0 Å². The molecular weight excluding hydrogens is 338 g/mol. The minimum absolute atomic E-state index is 0.712. The van der Waals surface area contributed by atoms with Crippen LogP contribution in [0.2, 0.25) is 0 Å². The van der Waals surface area contributed by atoms with Gasteiger partial charge in [0.2, 0.25) is 0 Å². The van der Waals surface area contributed by atoms with Crippen LogP contribution < -0.4 is 0 Å².